The summed E-state index contributed by atoms with van der Waals surface area (Å²) in [6.07, 6.45) is 5.37. The SMILES string of the molecule is CCCCCC(CC)C(CS)C(=O)[O-]. The minimum absolute atomic E-state index is 0.240. The Bertz CT molecular complexity index is 159. The molecule has 0 aliphatic carbocycles. The molecule has 14 heavy (non-hydrogen) atoms. The van der Waals surface area contributed by atoms with Gasteiger partial charge in [-0.3, -0.25) is 0 Å². The Balaban J connectivity index is 4.01. The highest BCUT2D eigenvalue weighted by atomic mass is 32.1. The Kier molecular flexibility index (Phi) is 8.05. The quantitative estimate of drug-likeness (QED) is 0.498. The number of aliphatic carboxylic acids is 1. The number of thiol groups is 1. The van der Waals surface area contributed by atoms with Crippen molar-refractivity contribution < 1.29 is 9.90 Å². The van der Waals surface area contributed by atoms with Crippen LogP contribution >= 0.6 is 12.6 Å². The summed E-state index contributed by atoms with van der Waals surface area (Å²) in [5, 5.41) is 10.8. The van der Waals surface area contributed by atoms with Crippen LogP contribution in [0.3, 0.4) is 0 Å². The van der Waals surface area contributed by atoms with Crippen molar-refractivity contribution in [3.05, 3.63) is 0 Å². The van der Waals surface area contributed by atoms with E-state index < -0.39 is 5.97 Å². The van der Waals surface area contributed by atoms with E-state index in [-0.39, 0.29) is 11.8 Å². The highest BCUT2D eigenvalue weighted by Crippen LogP contribution is 2.23. The first kappa shape index (κ1) is 13.8. The second kappa shape index (κ2) is 8.16. The predicted molar refractivity (Wildman–Crippen MR) is 60.3 cm³/mol. The Labute approximate surface area is 92.5 Å². The standard InChI is InChI=1S/C11H22O2S/c1-3-5-6-7-9(4-2)10(8-14)11(12)13/h9-10,14H,3-8H2,1-2H3,(H,12,13)/p-1. The normalized spacial score (nSPS) is 15.1. The first-order valence-corrected chi connectivity index (χ1v) is 6.12. The summed E-state index contributed by atoms with van der Waals surface area (Å²) >= 11 is 4.07. The molecule has 0 rings (SSSR count). The van der Waals surface area contributed by atoms with Crippen molar-refractivity contribution in [1.82, 2.24) is 0 Å². The van der Waals surface area contributed by atoms with Gasteiger partial charge in [0.25, 0.3) is 0 Å². The van der Waals surface area contributed by atoms with Gasteiger partial charge >= 0.3 is 0 Å². The average molecular weight is 217 g/mol. The van der Waals surface area contributed by atoms with Crippen molar-refractivity contribution in [2.45, 2.75) is 46.0 Å². The molecule has 0 aliphatic heterocycles. The molecule has 0 bridgehead atoms. The molecular formula is C11H21O2S-. The monoisotopic (exact) mass is 217 g/mol. The zero-order valence-corrected chi connectivity index (χ0v) is 10.1. The van der Waals surface area contributed by atoms with Crippen LogP contribution in [0.5, 0.6) is 0 Å². The summed E-state index contributed by atoms with van der Waals surface area (Å²) in [6, 6.07) is 0. The van der Waals surface area contributed by atoms with Crippen molar-refractivity contribution in [1.29, 1.82) is 0 Å². The summed E-state index contributed by atoms with van der Waals surface area (Å²) in [4.78, 5) is 10.8. The molecule has 0 heterocycles. The highest BCUT2D eigenvalue weighted by molar-refractivity contribution is 7.80. The molecule has 0 amide bonds. The number of hydrogen-bond acceptors (Lipinski definition) is 3. The van der Waals surface area contributed by atoms with E-state index in [0.29, 0.717) is 5.75 Å². The van der Waals surface area contributed by atoms with E-state index in [4.69, 9.17) is 0 Å². The van der Waals surface area contributed by atoms with E-state index in [1.807, 2.05) is 6.92 Å². The van der Waals surface area contributed by atoms with Crippen LogP contribution < -0.4 is 5.11 Å². The molecule has 0 radical (unpaired) electrons. The van der Waals surface area contributed by atoms with Crippen LogP contribution in [0.2, 0.25) is 0 Å². The van der Waals surface area contributed by atoms with Crippen molar-refractivity contribution in [2.75, 3.05) is 5.75 Å². The van der Waals surface area contributed by atoms with E-state index >= 15 is 0 Å². The predicted octanol–water partition coefficient (Wildman–Crippen LogP) is 1.89. The molecule has 0 aliphatic rings. The van der Waals surface area contributed by atoms with E-state index in [1.54, 1.807) is 0 Å². The van der Waals surface area contributed by atoms with Crippen LogP contribution in [0, 0.1) is 11.8 Å². The lowest BCUT2D eigenvalue weighted by atomic mass is 9.87. The minimum Gasteiger partial charge on any atom is -0.550 e. The van der Waals surface area contributed by atoms with Gasteiger partial charge in [-0.2, -0.15) is 12.6 Å². The summed E-state index contributed by atoms with van der Waals surface area (Å²) in [6.45, 7) is 4.19. The van der Waals surface area contributed by atoms with Gasteiger partial charge in [-0.1, -0.05) is 39.5 Å². The molecule has 3 heteroatoms. The second-order valence-corrected chi connectivity index (χ2v) is 4.14. The van der Waals surface area contributed by atoms with E-state index in [2.05, 4.69) is 19.6 Å². The van der Waals surface area contributed by atoms with Crippen molar-refractivity contribution in [3.63, 3.8) is 0 Å². The molecule has 0 spiro atoms. The molecule has 0 N–H and O–H groups in total. The summed E-state index contributed by atoms with van der Waals surface area (Å²) in [7, 11) is 0. The van der Waals surface area contributed by atoms with Crippen LogP contribution in [0.4, 0.5) is 0 Å². The number of carbonyl (C=O) groups excluding carboxylic acids is 1. The number of carboxylic acids is 1. The number of carbonyl (C=O) groups is 1. The fourth-order valence-electron chi connectivity index (χ4n) is 1.76. The van der Waals surface area contributed by atoms with Crippen molar-refractivity contribution >= 4 is 18.6 Å². The smallest absolute Gasteiger partial charge is 0.0456 e. The third-order valence-electron chi connectivity index (χ3n) is 2.77. The lowest BCUT2D eigenvalue weighted by Crippen LogP contribution is -2.37. The zero-order chi connectivity index (χ0) is 11.0. The maximum Gasteiger partial charge on any atom is 0.0456 e. The van der Waals surface area contributed by atoms with Gasteiger partial charge in [-0.25, -0.2) is 0 Å². The van der Waals surface area contributed by atoms with Crippen LogP contribution in [0.1, 0.15) is 46.0 Å². The average Bonchev–Trinajstić information content (AvgIpc) is 2.16. The Morgan fingerprint density at radius 3 is 2.36 bits per heavy atom. The van der Waals surface area contributed by atoms with Gasteiger partial charge < -0.3 is 9.90 Å². The van der Waals surface area contributed by atoms with Gasteiger partial charge in [0.1, 0.15) is 0 Å². The van der Waals surface area contributed by atoms with Crippen LogP contribution in [-0.2, 0) is 4.79 Å². The number of carboxylic acid groups (broad SMARTS) is 1. The first-order chi connectivity index (χ1) is 6.67. The summed E-state index contributed by atoms with van der Waals surface area (Å²) < 4.78 is 0. The maximum atomic E-state index is 10.8. The third kappa shape index (κ3) is 4.89. The molecule has 0 fully saturated rings. The van der Waals surface area contributed by atoms with E-state index in [0.717, 1.165) is 19.3 Å². The first-order valence-electron chi connectivity index (χ1n) is 5.49. The number of hydrogen-bond donors (Lipinski definition) is 1. The molecular weight excluding hydrogens is 196 g/mol. The zero-order valence-electron chi connectivity index (χ0n) is 9.16. The molecule has 0 aromatic carbocycles. The van der Waals surface area contributed by atoms with Gasteiger partial charge in [-0.05, 0) is 18.1 Å². The molecule has 0 aromatic rings. The van der Waals surface area contributed by atoms with Gasteiger partial charge in [0.15, 0.2) is 0 Å². The maximum absolute atomic E-state index is 10.8. The largest absolute Gasteiger partial charge is 0.550 e. The highest BCUT2D eigenvalue weighted by Gasteiger charge is 2.19. The minimum atomic E-state index is -0.941. The molecule has 2 unspecified atom stereocenters. The number of unbranched alkanes of at least 4 members (excludes halogenated alkanes) is 2. The van der Waals surface area contributed by atoms with Crippen LogP contribution in [-0.4, -0.2) is 11.7 Å². The topological polar surface area (TPSA) is 40.1 Å². The van der Waals surface area contributed by atoms with Crippen LogP contribution in [0.25, 0.3) is 0 Å². The van der Waals surface area contributed by atoms with E-state index in [1.165, 1.54) is 12.8 Å². The molecule has 2 nitrogen and oxygen atoms in total. The Hall–Kier alpha value is -0.180. The number of rotatable bonds is 8. The third-order valence-corrected chi connectivity index (χ3v) is 3.16. The van der Waals surface area contributed by atoms with Gasteiger partial charge in [0, 0.05) is 11.9 Å². The lowest BCUT2D eigenvalue weighted by Gasteiger charge is -2.25. The van der Waals surface area contributed by atoms with Crippen molar-refractivity contribution in [2.24, 2.45) is 11.8 Å². The summed E-state index contributed by atoms with van der Waals surface area (Å²) in [5.74, 6) is -0.681. The molecule has 2 atom stereocenters. The van der Waals surface area contributed by atoms with Crippen LogP contribution in [0.15, 0.2) is 0 Å². The molecule has 0 saturated heterocycles. The van der Waals surface area contributed by atoms with E-state index in [9.17, 15) is 9.90 Å². The molecule has 84 valence electrons. The lowest BCUT2D eigenvalue weighted by molar-refractivity contribution is -0.312. The molecule has 0 saturated carbocycles. The van der Waals surface area contributed by atoms with Gasteiger partial charge in [0.2, 0.25) is 0 Å². The van der Waals surface area contributed by atoms with Gasteiger partial charge in [-0.15, -0.1) is 0 Å². The van der Waals surface area contributed by atoms with Gasteiger partial charge in [0.05, 0.1) is 0 Å². The molecule has 0 aromatic heterocycles. The fraction of sp³-hybridized carbons (Fsp3) is 0.909. The Morgan fingerprint density at radius 2 is 2.00 bits per heavy atom. The Morgan fingerprint density at radius 1 is 1.36 bits per heavy atom. The fourth-order valence-corrected chi connectivity index (χ4v) is 2.21. The summed E-state index contributed by atoms with van der Waals surface area (Å²) in [5.41, 5.74) is 0. The second-order valence-electron chi connectivity index (χ2n) is 3.77. The van der Waals surface area contributed by atoms with Crippen molar-refractivity contribution in [3.8, 4) is 0 Å².